The van der Waals surface area contributed by atoms with Crippen molar-refractivity contribution in [3.8, 4) is 5.69 Å². The molecule has 5 rings (SSSR count). The Kier molecular flexibility index (Phi) is 4.62. The smallest absolute Gasteiger partial charge is 0.295 e. The van der Waals surface area contributed by atoms with Gasteiger partial charge >= 0.3 is 0 Å². The Morgan fingerprint density at radius 2 is 2.07 bits per heavy atom. The van der Waals surface area contributed by atoms with Gasteiger partial charge in [-0.1, -0.05) is 12.1 Å². The molecule has 4 heterocycles. The highest BCUT2D eigenvalue weighted by Gasteiger charge is 2.28. The van der Waals surface area contributed by atoms with Gasteiger partial charge in [-0.2, -0.15) is 15.2 Å². The normalized spacial score (nSPS) is 16.7. The predicted molar refractivity (Wildman–Crippen MR) is 110 cm³/mol. The Morgan fingerprint density at radius 3 is 2.90 bits per heavy atom. The van der Waals surface area contributed by atoms with Crippen LogP contribution in [0.4, 0.5) is 6.01 Å². The molecule has 1 saturated heterocycles. The van der Waals surface area contributed by atoms with Gasteiger partial charge in [-0.3, -0.25) is 4.79 Å². The minimum absolute atomic E-state index is 0.0486. The van der Waals surface area contributed by atoms with Crippen LogP contribution >= 0.6 is 0 Å². The molecular formula is C21H21N7O2. The predicted octanol–water partition coefficient (Wildman–Crippen LogP) is 2.83. The van der Waals surface area contributed by atoms with Crippen LogP contribution in [0.1, 0.15) is 28.9 Å². The highest BCUT2D eigenvalue weighted by molar-refractivity contribution is 5.96. The number of amides is 1. The number of carbonyl (C=O) groups excluding carboxylic acids is 1. The van der Waals surface area contributed by atoms with Crippen molar-refractivity contribution < 1.29 is 9.21 Å². The molecule has 0 bridgehead atoms. The van der Waals surface area contributed by atoms with E-state index >= 15 is 0 Å². The summed E-state index contributed by atoms with van der Waals surface area (Å²) in [6.07, 6.45) is 6.66. The number of para-hydroxylation sites is 2. The highest BCUT2D eigenvalue weighted by Crippen LogP contribution is 2.22. The second-order valence-corrected chi connectivity index (χ2v) is 7.42. The zero-order valence-corrected chi connectivity index (χ0v) is 16.5. The lowest BCUT2D eigenvalue weighted by molar-refractivity contribution is 0.0707. The Balaban J connectivity index is 1.35. The summed E-state index contributed by atoms with van der Waals surface area (Å²) in [7, 11) is 0. The maximum atomic E-state index is 13.3. The SMILES string of the molecule is Cc1cnc(C(=O)N2CCCC(Nc3nc4ccccc4o3)C2)c(-n2nccn2)c1. The molecular weight excluding hydrogens is 382 g/mol. The monoisotopic (exact) mass is 403 g/mol. The number of pyridine rings is 1. The van der Waals surface area contributed by atoms with E-state index in [-0.39, 0.29) is 11.9 Å². The minimum Gasteiger partial charge on any atom is -0.424 e. The summed E-state index contributed by atoms with van der Waals surface area (Å²) in [6, 6.07) is 10.0. The first-order valence-electron chi connectivity index (χ1n) is 9.92. The number of hydrogen-bond acceptors (Lipinski definition) is 7. The summed E-state index contributed by atoms with van der Waals surface area (Å²) in [4.78, 5) is 25.4. The van der Waals surface area contributed by atoms with Gasteiger partial charge in [0.2, 0.25) is 0 Å². The molecule has 0 aliphatic carbocycles. The molecule has 1 atom stereocenters. The van der Waals surface area contributed by atoms with E-state index in [1.807, 2.05) is 42.2 Å². The first kappa shape index (κ1) is 18.3. The zero-order valence-electron chi connectivity index (χ0n) is 16.5. The third kappa shape index (κ3) is 3.49. The zero-order chi connectivity index (χ0) is 20.5. The minimum atomic E-state index is -0.133. The van der Waals surface area contributed by atoms with Gasteiger partial charge in [0.1, 0.15) is 11.2 Å². The first-order chi connectivity index (χ1) is 14.7. The van der Waals surface area contributed by atoms with E-state index in [1.54, 1.807) is 18.6 Å². The van der Waals surface area contributed by atoms with Crippen LogP contribution in [0.2, 0.25) is 0 Å². The Hall–Kier alpha value is -3.75. The third-order valence-electron chi connectivity index (χ3n) is 5.17. The fourth-order valence-electron chi connectivity index (χ4n) is 3.75. The molecule has 1 unspecified atom stereocenters. The molecule has 1 amide bonds. The van der Waals surface area contributed by atoms with Crippen LogP contribution < -0.4 is 5.32 Å². The van der Waals surface area contributed by atoms with Crippen molar-refractivity contribution in [2.75, 3.05) is 18.4 Å². The molecule has 0 radical (unpaired) electrons. The Bertz CT molecular complexity index is 1150. The number of nitrogens with zero attached hydrogens (tertiary/aromatic N) is 6. The molecule has 3 aromatic heterocycles. The van der Waals surface area contributed by atoms with Crippen molar-refractivity contribution in [2.45, 2.75) is 25.8 Å². The number of piperidine rings is 1. The fourth-order valence-corrected chi connectivity index (χ4v) is 3.75. The van der Waals surface area contributed by atoms with E-state index in [1.165, 1.54) is 4.80 Å². The Labute approximate surface area is 172 Å². The number of fused-ring (bicyclic) bond motifs is 1. The van der Waals surface area contributed by atoms with Crippen molar-refractivity contribution in [2.24, 2.45) is 0 Å². The van der Waals surface area contributed by atoms with Crippen molar-refractivity contribution in [1.29, 1.82) is 0 Å². The Morgan fingerprint density at radius 1 is 1.23 bits per heavy atom. The molecule has 1 aromatic carbocycles. The fraction of sp³-hybridized carbons (Fsp3) is 0.286. The number of aryl methyl sites for hydroxylation is 1. The average molecular weight is 403 g/mol. The number of rotatable bonds is 4. The molecule has 30 heavy (non-hydrogen) atoms. The summed E-state index contributed by atoms with van der Waals surface area (Å²) in [5.74, 6) is -0.133. The topological polar surface area (TPSA) is 102 Å². The summed E-state index contributed by atoms with van der Waals surface area (Å²) in [5.41, 5.74) is 3.42. The maximum absolute atomic E-state index is 13.3. The van der Waals surface area contributed by atoms with Gasteiger partial charge in [0.05, 0.1) is 12.4 Å². The third-order valence-corrected chi connectivity index (χ3v) is 5.17. The summed E-state index contributed by atoms with van der Waals surface area (Å²) in [5, 5.41) is 11.7. The quantitative estimate of drug-likeness (QED) is 0.559. The molecule has 0 spiro atoms. The lowest BCUT2D eigenvalue weighted by Gasteiger charge is -2.32. The van der Waals surface area contributed by atoms with E-state index in [2.05, 4.69) is 25.5 Å². The number of carbonyl (C=O) groups is 1. The largest absolute Gasteiger partial charge is 0.424 e. The molecule has 1 fully saturated rings. The molecule has 9 heteroatoms. The molecule has 1 N–H and O–H groups in total. The van der Waals surface area contributed by atoms with Crippen molar-refractivity contribution in [1.82, 2.24) is 29.9 Å². The van der Waals surface area contributed by atoms with Gasteiger partial charge in [0.25, 0.3) is 11.9 Å². The summed E-state index contributed by atoms with van der Waals surface area (Å²) >= 11 is 0. The number of likely N-dealkylation sites (tertiary alicyclic amines) is 1. The number of hydrogen-bond donors (Lipinski definition) is 1. The van der Waals surface area contributed by atoms with E-state index in [9.17, 15) is 4.79 Å². The van der Waals surface area contributed by atoms with Crippen LogP contribution in [-0.2, 0) is 0 Å². The molecule has 1 aliphatic rings. The van der Waals surface area contributed by atoms with Crippen molar-refractivity contribution in [3.63, 3.8) is 0 Å². The summed E-state index contributed by atoms with van der Waals surface area (Å²) in [6.45, 7) is 3.14. The van der Waals surface area contributed by atoms with Crippen LogP contribution in [0.25, 0.3) is 16.8 Å². The van der Waals surface area contributed by atoms with Gasteiger partial charge in [-0.05, 0) is 43.5 Å². The van der Waals surface area contributed by atoms with Crippen LogP contribution in [0.3, 0.4) is 0 Å². The molecule has 152 valence electrons. The van der Waals surface area contributed by atoms with E-state index in [0.29, 0.717) is 30.5 Å². The van der Waals surface area contributed by atoms with Gasteiger partial charge in [0, 0.05) is 25.3 Å². The number of anilines is 1. The first-order valence-corrected chi connectivity index (χ1v) is 9.92. The van der Waals surface area contributed by atoms with E-state index < -0.39 is 0 Å². The van der Waals surface area contributed by atoms with Gasteiger partial charge in [-0.25, -0.2) is 4.98 Å². The van der Waals surface area contributed by atoms with Crippen molar-refractivity contribution >= 4 is 23.0 Å². The highest BCUT2D eigenvalue weighted by atomic mass is 16.4. The van der Waals surface area contributed by atoms with Crippen molar-refractivity contribution in [3.05, 3.63) is 60.2 Å². The average Bonchev–Trinajstić information content (AvgIpc) is 3.43. The van der Waals surface area contributed by atoms with E-state index in [4.69, 9.17) is 4.42 Å². The standard InChI is InChI=1S/C21H21N7O2/c1-14-11-17(28-23-8-9-24-28)19(22-12-14)20(29)27-10-4-5-15(13-27)25-21-26-16-6-2-3-7-18(16)30-21/h2-3,6-9,11-12,15H,4-5,10,13H2,1H3,(H,25,26). The van der Waals surface area contributed by atoms with Crippen LogP contribution in [0, 0.1) is 6.92 Å². The number of benzene rings is 1. The van der Waals surface area contributed by atoms with Gasteiger partial charge in [-0.15, -0.1) is 4.80 Å². The van der Waals surface area contributed by atoms with Crippen LogP contribution in [0.15, 0.2) is 53.3 Å². The lowest BCUT2D eigenvalue weighted by atomic mass is 10.1. The number of aromatic nitrogens is 5. The molecule has 4 aromatic rings. The van der Waals surface area contributed by atoms with Crippen LogP contribution in [-0.4, -0.2) is 54.9 Å². The second kappa shape index (κ2) is 7.58. The number of nitrogens with one attached hydrogen (secondary N) is 1. The lowest BCUT2D eigenvalue weighted by Crippen LogP contribution is -2.45. The van der Waals surface area contributed by atoms with E-state index in [0.717, 1.165) is 29.5 Å². The summed E-state index contributed by atoms with van der Waals surface area (Å²) < 4.78 is 5.77. The molecule has 9 nitrogen and oxygen atoms in total. The van der Waals surface area contributed by atoms with Crippen LogP contribution in [0.5, 0.6) is 0 Å². The molecule has 0 saturated carbocycles. The van der Waals surface area contributed by atoms with Gasteiger partial charge in [0.15, 0.2) is 11.3 Å². The number of oxazole rings is 1. The molecule has 1 aliphatic heterocycles. The maximum Gasteiger partial charge on any atom is 0.295 e. The second-order valence-electron chi connectivity index (χ2n) is 7.42. The van der Waals surface area contributed by atoms with Gasteiger partial charge < -0.3 is 14.6 Å².